The highest BCUT2D eigenvalue weighted by Gasteiger charge is 2.01. The summed E-state index contributed by atoms with van der Waals surface area (Å²) in [6.07, 6.45) is 0. The van der Waals surface area contributed by atoms with Crippen LogP contribution in [0.3, 0.4) is 0 Å². The molecule has 0 aliphatic rings. The molecule has 0 bridgehead atoms. The average Bonchev–Trinajstić information content (AvgIpc) is 2.49. The Hall–Kier alpha value is -2.16. The van der Waals surface area contributed by atoms with Crippen LogP contribution in [-0.2, 0) is 6.54 Å². The lowest BCUT2D eigenvalue weighted by Crippen LogP contribution is -2.21. The van der Waals surface area contributed by atoms with Gasteiger partial charge in [-0.15, -0.1) is 0 Å². The normalized spacial score (nSPS) is 10.3. The Bertz CT molecular complexity index is 516. The fourth-order valence-corrected chi connectivity index (χ4v) is 2.20. The number of rotatable bonds is 6. The lowest BCUT2D eigenvalue weighted by atomic mass is 10.2. The van der Waals surface area contributed by atoms with Crippen molar-refractivity contribution in [1.29, 1.82) is 0 Å². The maximum Gasteiger partial charge on any atom is 0.115 e. The fourth-order valence-electron chi connectivity index (χ4n) is 2.20. The van der Waals surface area contributed by atoms with Crippen molar-refractivity contribution in [2.45, 2.75) is 20.4 Å². The van der Waals surface area contributed by atoms with Crippen molar-refractivity contribution in [3.05, 3.63) is 54.1 Å². The van der Waals surface area contributed by atoms with E-state index in [0.717, 1.165) is 30.9 Å². The van der Waals surface area contributed by atoms with Gasteiger partial charge in [-0.3, -0.25) is 0 Å². The first-order valence-electron chi connectivity index (χ1n) is 7.09. The molecule has 3 heteroatoms. The lowest BCUT2D eigenvalue weighted by molar-refractivity contribution is 0.475. The molecule has 0 radical (unpaired) electrons. The van der Waals surface area contributed by atoms with Gasteiger partial charge in [-0.2, -0.15) is 0 Å². The van der Waals surface area contributed by atoms with E-state index in [9.17, 15) is 5.11 Å². The Balaban J connectivity index is 1.95. The van der Waals surface area contributed by atoms with Crippen molar-refractivity contribution in [3.63, 3.8) is 0 Å². The molecule has 0 aliphatic carbocycles. The summed E-state index contributed by atoms with van der Waals surface area (Å²) in [5.41, 5.74) is 3.51. The third-order valence-electron chi connectivity index (χ3n) is 3.43. The minimum Gasteiger partial charge on any atom is -0.508 e. The van der Waals surface area contributed by atoms with Gasteiger partial charge >= 0.3 is 0 Å². The largest absolute Gasteiger partial charge is 0.508 e. The molecule has 0 saturated carbocycles. The van der Waals surface area contributed by atoms with Crippen LogP contribution < -0.4 is 10.2 Å². The Morgan fingerprint density at radius 3 is 2.05 bits per heavy atom. The first kappa shape index (κ1) is 14.3. The first-order valence-corrected chi connectivity index (χ1v) is 7.09. The number of phenolic OH excluding ortho intramolecular Hbond substituents is 1. The lowest BCUT2D eigenvalue weighted by Gasteiger charge is -2.21. The maximum absolute atomic E-state index is 9.25. The number of nitrogens with one attached hydrogen (secondary N) is 1. The summed E-state index contributed by atoms with van der Waals surface area (Å²) >= 11 is 0. The zero-order valence-corrected chi connectivity index (χ0v) is 12.1. The standard InChI is InChI=1S/C17H22N2O/c1-3-19(4-2)16-9-7-15(8-10-16)18-13-14-5-11-17(20)12-6-14/h5-12,18,20H,3-4,13H2,1-2H3. The van der Waals surface area contributed by atoms with Gasteiger partial charge in [0.15, 0.2) is 0 Å². The zero-order chi connectivity index (χ0) is 14.4. The summed E-state index contributed by atoms with van der Waals surface area (Å²) in [5.74, 6) is 0.303. The SMILES string of the molecule is CCN(CC)c1ccc(NCc2ccc(O)cc2)cc1. The van der Waals surface area contributed by atoms with Gasteiger partial charge in [0.2, 0.25) is 0 Å². The second-order valence-corrected chi connectivity index (χ2v) is 4.74. The smallest absolute Gasteiger partial charge is 0.115 e. The Kier molecular flexibility index (Phi) is 4.88. The quantitative estimate of drug-likeness (QED) is 0.837. The fraction of sp³-hybridized carbons (Fsp3) is 0.294. The maximum atomic E-state index is 9.25. The predicted molar refractivity (Wildman–Crippen MR) is 85.4 cm³/mol. The van der Waals surface area contributed by atoms with Gasteiger partial charge in [0.1, 0.15) is 5.75 Å². The number of phenols is 1. The average molecular weight is 270 g/mol. The van der Waals surface area contributed by atoms with Gasteiger partial charge in [0.25, 0.3) is 0 Å². The third-order valence-corrected chi connectivity index (χ3v) is 3.43. The van der Waals surface area contributed by atoms with Gasteiger partial charge in [-0.25, -0.2) is 0 Å². The molecule has 0 spiro atoms. The van der Waals surface area contributed by atoms with Gasteiger partial charge in [-0.1, -0.05) is 12.1 Å². The van der Waals surface area contributed by atoms with Crippen molar-refractivity contribution in [2.75, 3.05) is 23.3 Å². The highest BCUT2D eigenvalue weighted by Crippen LogP contribution is 2.18. The summed E-state index contributed by atoms with van der Waals surface area (Å²) < 4.78 is 0. The molecule has 2 aromatic carbocycles. The van der Waals surface area contributed by atoms with Crippen LogP contribution in [0.4, 0.5) is 11.4 Å². The number of anilines is 2. The molecule has 0 amide bonds. The molecule has 2 N–H and O–H groups in total. The molecule has 0 aromatic heterocycles. The minimum atomic E-state index is 0.303. The van der Waals surface area contributed by atoms with E-state index in [4.69, 9.17) is 0 Å². The van der Waals surface area contributed by atoms with E-state index >= 15 is 0 Å². The van der Waals surface area contributed by atoms with E-state index < -0.39 is 0 Å². The minimum absolute atomic E-state index is 0.303. The van der Waals surface area contributed by atoms with Gasteiger partial charge in [0, 0.05) is 31.0 Å². The van der Waals surface area contributed by atoms with Crippen LogP contribution in [0.2, 0.25) is 0 Å². The number of benzene rings is 2. The van der Waals surface area contributed by atoms with E-state index in [2.05, 4.69) is 48.3 Å². The van der Waals surface area contributed by atoms with Crippen LogP contribution in [-0.4, -0.2) is 18.2 Å². The van der Waals surface area contributed by atoms with Crippen molar-refractivity contribution in [2.24, 2.45) is 0 Å². The second kappa shape index (κ2) is 6.85. The summed E-state index contributed by atoms with van der Waals surface area (Å²) in [4.78, 5) is 2.32. The molecular weight excluding hydrogens is 248 g/mol. The molecule has 0 unspecified atom stereocenters. The Morgan fingerprint density at radius 1 is 0.900 bits per heavy atom. The number of hydrogen-bond acceptors (Lipinski definition) is 3. The third kappa shape index (κ3) is 3.67. The van der Waals surface area contributed by atoms with Gasteiger partial charge in [-0.05, 0) is 55.8 Å². The van der Waals surface area contributed by atoms with E-state index in [1.54, 1.807) is 12.1 Å². The summed E-state index contributed by atoms with van der Waals surface area (Å²) in [5, 5.41) is 12.6. The van der Waals surface area contributed by atoms with Gasteiger partial charge < -0.3 is 15.3 Å². The molecule has 0 atom stereocenters. The molecule has 0 aliphatic heterocycles. The van der Waals surface area contributed by atoms with Crippen molar-refractivity contribution in [1.82, 2.24) is 0 Å². The first-order chi connectivity index (χ1) is 9.72. The summed E-state index contributed by atoms with van der Waals surface area (Å²) in [6, 6.07) is 15.8. The molecule has 0 fully saturated rings. The number of nitrogens with zero attached hydrogens (tertiary/aromatic N) is 1. The summed E-state index contributed by atoms with van der Waals surface area (Å²) in [6.45, 7) is 7.14. The predicted octanol–water partition coefficient (Wildman–Crippen LogP) is 3.85. The highest BCUT2D eigenvalue weighted by molar-refractivity contribution is 5.55. The van der Waals surface area contributed by atoms with Crippen LogP contribution in [0.25, 0.3) is 0 Å². The van der Waals surface area contributed by atoms with E-state index in [1.807, 2.05) is 12.1 Å². The van der Waals surface area contributed by atoms with E-state index in [0.29, 0.717) is 5.75 Å². The van der Waals surface area contributed by atoms with Crippen LogP contribution in [0, 0.1) is 0 Å². The summed E-state index contributed by atoms with van der Waals surface area (Å²) in [7, 11) is 0. The molecule has 2 aromatic rings. The number of hydrogen-bond donors (Lipinski definition) is 2. The Morgan fingerprint density at radius 2 is 1.50 bits per heavy atom. The molecule has 0 saturated heterocycles. The number of aromatic hydroxyl groups is 1. The van der Waals surface area contributed by atoms with Gasteiger partial charge in [0.05, 0.1) is 0 Å². The second-order valence-electron chi connectivity index (χ2n) is 4.74. The van der Waals surface area contributed by atoms with Crippen LogP contribution >= 0.6 is 0 Å². The van der Waals surface area contributed by atoms with Crippen molar-refractivity contribution in [3.8, 4) is 5.75 Å². The van der Waals surface area contributed by atoms with Crippen LogP contribution in [0.15, 0.2) is 48.5 Å². The molecular formula is C17H22N2O. The zero-order valence-electron chi connectivity index (χ0n) is 12.1. The van der Waals surface area contributed by atoms with Crippen LogP contribution in [0.1, 0.15) is 19.4 Å². The molecule has 2 rings (SSSR count). The van der Waals surface area contributed by atoms with Crippen LogP contribution in [0.5, 0.6) is 5.75 Å². The monoisotopic (exact) mass is 270 g/mol. The van der Waals surface area contributed by atoms with Crippen molar-refractivity contribution < 1.29 is 5.11 Å². The topological polar surface area (TPSA) is 35.5 Å². The molecule has 106 valence electrons. The van der Waals surface area contributed by atoms with E-state index in [1.165, 1.54) is 5.69 Å². The highest BCUT2D eigenvalue weighted by atomic mass is 16.3. The molecule has 3 nitrogen and oxygen atoms in total. The molecule has 20 heavy (non-hydrogen) atoms. The Labute approximate surface area is 120 Å². The molecule has 0 heterocycles. The van der Waals surface area contributed by atoms with Crippen molar-refractivity contribution >= 4 is 11.4 Å². The van der Waals surface area contributed by atoms with E-state index in [-0.39, 0.29) is 0 Å².